The number of carbonyl (C=O) groups is 1. The van der Waals surface area contributed by atoms with Gasteiger partial charge in [0.15, 0.2) is 0 Å². The monoisotopic (exact) mass is 256 g/mol. The maximum absolute atomic E-state index is 13.1. The van der Waals surface area contributed by atoms with Crippen LogP contribution >= 0.6 is 15.9 Å². The first-order valence-electron chi connectivity index (χ1n) is 3.76. The molecule has 0 radical (unpaired) electrons. The maximum Gasteiger partial charge on any atom is 0.238 e. The quantitative estimate of drug-likeness (QED) is 0.884. The van der Waals surface area contributed by atoms with Crippen molar-refractivity contribution < 1.29 is 9.18 Å². The van der Waals surface area contributed by atoms with Gasteiger partial charge in [0.05, 0.1) is 11.8 Å². The van der Waals surface area contributed by atoms with Crippen molar-refractivity contribution in [3.63, 3.8) is 0 Å². The molecular weight excluding hydrogens is 251 g/mol. The molecule has 1 rings (SSSR count). The average Bonchev–Trinajstić information content (AvgIpc) is 2.12. The van der Waals surface area contributed by atoms with Gasteiger partial charge in [0.2, 0.25) is 5.91 Å². The first-order chi connectivity index (χ1) is 6.65. The van der Waals surface area contributed by atoms with Gasteiger partial charge in [0, 0.05) is 4.47 Å². The van der Waals surface area contributed by atoms with Crippen LogP contribution in [-0.4, -0.2) is 5.91 Å². The van der Waals surface area contributed by atoms with Crippen LogP contribution in [0.25, 0.3) is 0 Å². The van der Waals surface area contributed by atoms with E-state index in [0.717, 1.165) is 0 Å². The summed E-state index contributed by atoms with van der Waals surface area (Å²) in [5.74, 6) is -1.07. The molecule has 0 heterocycles. The lowest BCUT2D eigenvalue weighted by Gasteiger charge is -2.05. The highest BCUT2D eigenvalue weighted by molar-refractivity contribution is 9.10. The van der Waals surface area contributed by atoms with E-state index in [4.69, 9.17) is 5.26 Å². The summed E-state index contributed by atoms with van der Waals surface area (Å²) in [6.07, 6.45) is -0.291. The number of anilines is 1. The van der Waals surface area contributed by atoms with Gasteiger partial charge in [-0.15, -0.1) is 0 Å². The van der Waals surface area contributed by atoms with Gasteiger partial charge in [-0.25, -0.2) is 4.39 Å². The molecule has 0 saturated heterocycles. The zero-order valence-electron chi connectivity index (χ0n) is 7.05. The Labute approximate surface area is 88.7 Å². The second-order valence-corrected chi connectivity index (χ2v) is 3.33. The summed E-state index contributed by atoms with van der Waals surface area (Å²) in [5, 5.41) is 10.5. The first kappa shape index (κ1) is 10.7. The van der Waals surface area contributed by atoms with Crippen LogP contribution in [0.15, 0.2) is 22.7 Å². The van der Waals surface area contributed by atoms with E-state index in [9.17, 15) is 9.18 Å². The van der Waals surface area contributed by atoms with Crippen LogP contribution in [0.3, 0.4) is 0 Å². The van der Waals surface area contributed by atoms with E-state index in [0.29, 0.717) is 4.47 Å². The highest BCUT2D eigenvalue weighted by Gasteiger charge is 2.09. The van der Waals surface area contributed by atoms with Gasteiger partial charge >= 0.3 is 0 Å². The molecule has 0 fully saturated rings. The summed E-state index contributed by atoms with van der Waals surface area (Å²) in [7, 11) is 0. The van der Waals surface area contributed by atoms with Crippen LogP contribution < -0.4 is 5.32 Å². The number of rotatable bonds is 2. The van der Waals surface area contributed by atoms with Gasteiger partial charge in [0.25, 0.3) is 0 Å². The Kier molecular flexibility index (Phi) is 3.60. The fourth-order valence-corrected chi connectivity index (χ4v) is 1.31. The van der Waals surface area contributed by atoms with Crippen LogP contribution in [0, 0.1) is 17.1 Å². The second kappa shape index (κ2) is 4.72. The number of amides is 1. The zero-order chi connectivity index (χ0) is 10.6. The lowest BCUT2D eigenvalue weighted by molar-refractivity contribution is -0.115. The third-order valence-corrected chi connectivity index (χ3v) is 2.13. The third kappa shape index (κ3) is 2.54. The van der Waals surface area contributed by atoms with Crippen molar-refractivity contribution in [2.45, 2.75) is 6.42 Å². The van der Waals surface area contributed by atoms with Crippen LogP contribution in [-0.2, 0) is 4.79 Å². The Morgan fingerprint density at radius 2 is 2.36 bits per heavy atom. The average molecular weight is 257 g/mol. The molecule has 0 aliphatic rings. The molecule has 14 heavy (non-hydrogen) atoms. The summed E-state index contributed by atoms with van der Waals surface area (Å²) >= 11 is 3.09. The molecular formula is C9H6BrFN2O. The number of benzene rings is 1. The molecule has 0 aliphatic heterocycles. The van der Waals surface area contributed by atoms with E-state index in [1.54, 1.807) is 12.1 Å². The second-order valence-electron chi connectivity index (χ2n) is 2.48. The minimum Gasteiger partial charge on any atom is -0.322 e. The number of para-hydroxylation sites is 1. The predicted octanol–water partition coefficient (Wildman–Crippen LogP) is 2.44. The van der Waals surface area contributed by atoms with E-state index >= 15 is 0 Å². The molecule has 0 atom stereocenters. The van der Waals surface area contributed by atoms with E-state index in [-0.39, 0.29) is 12.1 Å². The summed E-state index contributed by atoms with van der Waals surface area (Å²) in [5.41, 5.74) is 0.0627. The van der Waals surface area contributed by atoms with E-state index in [1.807, 2.05) is 0 Å². The molecule has 0 aliphatic carbocycles. The first-order valence-corrected chi connectivity index (χ1v) is 4.55. The van der Waals surface area contributed by atoms with Gasteiger partial charge in [-0.3, -0.25) is 4.79 Å². The van der Waals surface area contributed by atoms with Gasteiger partial charge in [-0.05, 0) is 28.1 Å². The van der Waals surface area contributed by atoms with Crippen molar-refractivity contribution in [1.29, 1.82) is 5.26 Å². The van der Waals surface area contributed by atoms with Crippen molar-refractivity contribution >= 4 is 27.5 Å². The lowest BCUT2D eigenvalue weighted by Crippen LogP contribution is -2.11. The molecule has 0 unspecified atom stereocenters. The zero-order valence-corrected chi connectivity index (χ0v) is 8.64. The van der Waals surface area contributed by atoms with E-state index in [1.165, 1.54) is 12.1 Å². The molecule has 0 saturated carbocycles. The van der Waals surface area contributed by atoms with Crippen molar-refractivity contribution in [1.82, 2.24) is 0 Å². The molecule has 0 aromatic heterocycles. The van der Waals surface area contributed by atoms with Gasteiger partial charge in [0.1, 0.15) is 12.2 Å². The fraction of sp³-hybridized carbons (Fsp3) is 0.111. The Balaban J connectivity index is 2.87. The van der Waals surface area contributed by atoms with Crippen LogP contribution in [0.4, 0.5) is 10.1 Å². The summed E-state index contributed by atoms with van der Waals surface area (Å²) in [4.78, 5) is 11.0. The summed E-state index contributed by atoms with van der Waals surface area (Å²) in [6, 6.07) is 6.02. The molecule has 1 amide bonds. The fourth-order valence-electron chi connectivity index (χ4n) is 0.873. The number of nitrogens with one attached hydrogen (secondary N) is 1. The highest BCUT2D eigenvalue weighted by atomic mass is 79.9. The molecule has 1 aromatic carbocycles. The summed E-state index contributed by atoms with van der Waals surface area (Å²) in [6.45, 7) is 0. The number of nitrogens with zero attached hydrogens (tertiary/aromatic N) is 1. The number of hydrogen-bond donors (Lipinski definition) is 1. The van der Waals surface area contributed by atoms with Crippen LogP contribution in [0.1, 0.15) is 6.42 Å². The van der Waals surface area contributed by atoms with Crippen molar-refractivity contribution in [3.8, 4) is 6.07 Å². The van der Waals surface area contributed by atoms with Crippen LogP contribution in [0.5, 0.6) is 0 Å². The summed E-state index contributed by atoms with van der Waals surface area (Å²) < 4.78 is 13.6. The largest absolute Gasteiger partial charge is 0.322 e. The van der Waals surface area contributed by atoms with Crippen molar-refractivity contribution in [2.24, 2.45) is 0 Å². The van der Waals surface area contributed by atoms with Crippen molar-refractivity contribution in [3.05, 3.63) is 28.5 Å². The van der Waals surface area contributed by atoms with E-state index in [2.05, 4.69) is 21.2 Å². The van der Waals surface area contributed by atoms with Crippen LogP contribution in [0.2, 0.25) is 0 Å². The predicted molar refractivity (Wildman–Crippen MR) is 53.0 cm³/mol. The molecule has 72 valence electrons. The number of carbonyl (C=O) groups excluding carboxylic acids is 1. The Morgan fingerprint density at radius 1 is 1.64 bits per heavy atom. The minimum absolute atomic E-state index is 0.0627. The molecule has 0 bridgehead atoms. The third-order valence-electron chi connectivity index (χ3n) is 1.47. The number of hydrogen-bond acceptors (Lipinski definition) is 2. The Bertz CT molecular complexity index is 380. The standard InChI is InChI=1S/C9H6BrFN2O/c10-6-2-1-3-7(11)9(6)13-8(14)4-5-12/h1-3H,4H2,(H,13,14). The topological polar surface area (TPSA) is 52.9 Å². The highest BCUT2D eigenvalue weighted by Crippen LogP contribution is 2.24. The molecule has 5 heteroatoms. The maximum atomic E-state index is 13.1. The molecule has 1 N–H and O–H groups in total. The number of nitriles is 1. The SMILES string of the molecule is N#CCC(=O)Nc1c(F)cccc1Br. The lowest BCUT2D eigenvalue weighted by atomic mass is 10.3. The smallest absolute Gasteiger partial charge is 0.238 e. The number of halogens is 2. The molecule has 3 nitrogen and oxygen atoms in total. The normalized spacial score (nSPS) is 9.21. The molecule has 0 spiro atoms. The van der Waals surface area contributed by atoms with E-state index < -0.39 is 11.7 Å². The van der Waals surface area contributed by atoms with Gasteiger partial charge in [-0.2, -0.15) is 5.26 Å². The Hall–Kier alpha value is -1.41. The van der Waals surface area contributed by atoms with Crippen molar-refractivity contribution in [2.75, 3.05) is 5.32 Å². The Morgan fingerprint density at radius 3 is 2.93 bits per heavy atom. The molecule has 1 aromatic rings. The minimum atomic E-state index is -0.536. The van der Waals surface area contributed by atoms with Gasteiger partial charge < -0.3 is 5.32 Å². The van der Waals surface area contributed by atoms with Gasteiger partial charge in [-0.1, -0.05) is 6.07 Å².